The van der Waals surface area contributed by atoms with Crippen molar-refractivity contribution < 1.29 is 13.2 Å². The molecule has 9 nitrogen and oxygen atoms in total. The first-order valence-electron chi connectivity index (χ1n) is 12.8. The van der Waals surface area contributed by atoms with E-state index in [0.717, 1.165) is 61.5 Å². The second kappa shape index (κ2) is 10.1. The van der Waals surface area contributed by atoms with Gasteiger partial charge in [0.2, 0.25) is 10.0 Å². The number of piperidine rings is 1. The van der Waals surface area contributed by atoms with Gasteiger partial charge in [-0.1, -0.05) is 24.9 Å². The van der Waals surface area contributed by atoms with Crippen molar-refractivity contribution in [3.05, 3.63) is 52.3 Å². The maximum atomic E-state index is 13.8. The van der Waals surface area contributed by atoms with E-state index in [1.54, 1.807) is 11.0 Å². The summed E-state index contributed by atoms with van der Waals surface area (Å²) in [6.07, 6.45) is 6.02. The molecule has 2 atom stereocenters. The van der Waals surface area contributed by atoms with Crippen LogP contribution in [-0.4, -0.2) is 59.7 Å². The van der Waals surface area contributed by atoms with Crippen LogP contribution in [0.15, 0.2) is 30.3 Å². The molecule has 2 aliphatic rings. The van der Waals surface area contributed by atoms with Crippen molar-refractivity contribution in [3.63, 3.8) is 0 Å². The normalized spacial score (nSPS) is 20.5. The van der Waals surface area contributed by atoms with Gasteiger partial charge in [-0.2, -0.15) is 5.10 Å². The van der Waals surface area contributed by atoms with Crippen LogP contribution >= 0.6 is 11.6 Å². The fourth-order valence-corrected chi connectivity index (χ4v) is 6.19. The smallest absolute Gasteiger partial charge is 0.256 e. The summed E-state index contributed by atoms with van der Waals surface area (Å²) < 4.78 is 28.1. The van der Waals surface area contributed by atoms with E-state index in [2.05, 4.69) is 22.6 Å². The molecule has 1 N–H and O–H groups in total. The maximum absolute atomic E-state index is 13.8. The van der Waals surface area contributed by atoms with Gasteiger partial charge in [0, 0.05) is 42.5 Å². The third-order valence-corrected chi connectivity index (χ3v) is 8.24. The minimum absolute atomic E-state index is 0.217. The number of aromatic nitrogens is 3. The molecule has 2 aliphatic heterocycles. The van der Waals surface area contributed by atoms with Crippen LogP contribution in [0.2, 0.25) is 5.02 Å². The number of sulfonamides is 1. The Hall–Kier alpha value is -2.85. The molecule has 37 heavy (non-hydrogen) atoms. The Bertz CT molecular complexity index is 1440. The van der Waals surface area contributed by atoms with E-state index in [9.17, 15) is 13.2 Å². The van der Waals surface area contributed by atoms with Crippen LogP contribution in [0.3, 0.4) is 0 Å². The third kappa shape index (κ3) is 5.40. The van der Waals surface area contributed by atoms with Crippen molar-refractivity contribution in [2.45, 2.75) is 52.0 Å². The van der Waals surface area contributed by atoms with Crippen molar-refractivity contribution in [3.8, 4) is 0 Å². The molecule has 0 bridgehead atoms. The van der Waals surface area contributed by atoms with Crippen molar-refractivity contribution >= 4 is 44.7 Å². The summed E-state index contributed by atoms with van der Waals surface area (Å²) >= 11 is 6.21. The minimum atomic E-state index is -3.57. The highest BCUT2D eigenvalue weighted by molar-refractivity contribution is 7.92. The number of anilines is 2. The van der Waals surface area contributed by atoms with E-state index in [4.69, 9.17) is 21.7 Å². The van der Waals surface area contributed by atoms with Crippen LogP contribution < -0.4 is 9.62 Å². The molecule has 1 aromatic carbocycles. The van der Waals surface area contributed by atoms with Crippen LogP contribution in [0.1, 0.15) is 66.8 Å². The van der Waals surface area contributed by atoms with Gasteiger partial charge in [-0.25, -0.2) is 17.9 Å². The lowest BCUT2D eigenvalue weighted by molar-refractivity contribution is 0.0607. The number of likely N-dealkylation sites (tertiary alicyclic amines) is 1. The van der Waals surface area contributed by atoms with E-state index in [-0.39, 0.29) is 23.2 Å². The van der Waals surface area contributed by atoms with Crippen LogP contribution in [-0.2, 0) is 10.0 Å². The van der Waals surface area contributed by atoms with Gasteiger partial charge in [0.25, 0.3) is 5.91 Å². The largest absolute Gasteiger partial charge is 0.356 e. The van der Waals surface area contributed by atoms with E-state index < -0.39 is 10.0 Å². The molecule has 0 radical (unpaired) electrons. The van der Waals surface area contributed by atoms with E-state index in [1.807, 2.05) is 17.5 Å². The lowest BCUT2D eigenvalue weighted by Crippen LogP contribution is -2.39. The number of hydrogen-bond acceptors (Lipinski definition) is 6. The summed E-state index contributed by atoms with van der Waals surface area (Å²) in [5.74, 6) is 1.40. The Morgan fingerprint density at radius 1 is 1.16 bits per heavy atom. The summed E-state index contributed by atoms with van der Waals surface area (Å²) in [6, 6.07) is 8.43. The van der Waals surface area contributed by atoms with Gasteiger partial charge < -0.3 is 9.80 Å². The molecule has 198 valence electrons. The zero-order valence-electron chi connectivity index (χ0n) is 21.4. The Balaban J connectivity index is 1.48. The summed E-state index contributed by atoms with van der Waals surface area (Å²) in [4.78, 5) is 22.8. The number of hydrogen-bond donors (Lipinski definition) is 1. The molecule has 2 fully saturated rings. The summed E-state index contributed by atoms with van der Waals surface area (Å²) in [5.41, 5.74) is 2.99. The van der Waals surface area contributed by atoms with Gasteiger partial charge in [-0.15, -0.1) is 0 Å². The molecule has 0 saturated carbocycles. The molecule has 4 heterocycles. The molecule has 2 aromatic heterocycles. The molecular weight excluding hydrogens is 512 g/mol. The molecule has 1 amide bonds. The molecule has 0 unspecified atom stereocenters. The molecule has 0 aliphatic carbocycles. The zero-order chi connectivity index (χ0) is 26.3. The zero-order valence-corrected chi connectivity index (χ0v) is 23.0. The molecule has 3 aromatic rings. The van der Waals surface area contributed by atoms with Gasteiger partial charge in [0.15, 0.2) is 5.65 Å². The van der Waals surface area contributed by atoms with Crippen molar-refractivity contribution in [1.82, 2.24) is 19.5 Å². The molecule has 5 rings (SSSR count). The Labute approximate surface area is 222 Å². The third-order valence-electron chi connectivity index (χ3n) is 7.41. The highest BCUT2D eigenvalue weighted by Gasteiger charge is 2.32. The highest BCUT2D eigenvalue weighted by atomic mass is 35.5. The SMILES string of the molecule is CC[C@@H]1CCN(c2cc(C)n3nc([C@@H]4CCCCN4C(=O)c4cc(Cl)ccc4NS(C)(=O)=O)cc3n2)C1. The molecule has 0 spiro atoms. The molecular formula is C26H33ClN6O3S. The maximum Gasteiger partial charge on any atom is 0.256 e. The summed E-state index contributed by atoms with van der Waals surface area (Å²) in [5, 5.41) is 5.23. The van der Waals surface area contributed by atoms with Crippen LogP contribution in [0, 0.1) is 12.8 Å². The number of nitrogens with zero attached hydrogens (tertiary/aromatic N) is 5. The van der Waals surface area contributed by atoms with E-state index in [0.29, 0.717) is 17.5 Å². The first kappa shape index (κ1) is 25.8. The van der Waals surface area contributed by atoms with E-state index in [1.165, 1.54) is 25.0 Å². The number of carbonyl (C=O) groups excluding carboxylic acids is 1. The number of benzene rings is 1. The first-order chi connectivity index (χ1) is 17.6. The molecule has 11 heteroatoms. The number of aryl methyl sites for hydroxylation is 1. The monoisotopic (exact) mass is 544 g/mol. The van der Waals surface area contributed by atoms with Gasteiger partial charge in [0.05, 0.1) is 29.2 Å². The highest BCUT2D eigenvalue weighted by Crippen LogP contribution is 2.34. The number of nitrogens with one attached hydrogen (secondary N) is 1. The lowest BCUT2D eigenvalue weighted by Gasteiger charge is -2.35. The second-order valence-electron chi connectivity index (χ2n) is 10.2. The summed E-state index contributed by atoms with van der Waals surface area (Å²) in [6.45, 7) is 6.85. The standard InChI is InChI=1S/C26H33ClN6O3S/c1-4-18-10-12-31(16-18)24-13-17(2)33-25(28-24)15-22(29-33)23-7-5-6-11-32(23)26(34)20-14-19(27)8-9-21(20)30-37(3,35)36/h8-9,13-15,18,23,30H,4-7,10-12,16H2,1-3H3/t18-,23+/m1/s1. The Kier molecular flexibility index (Phi) is 7.06. The minimum Gasteiger partial charge on any atom is -0.356 e. The van der Waals surface area contributed by atoms with Crippen LogP contribution in [0.4, 0.5) is 11.5 Å². The molecule has 2 saturated heterocycles. The van der Waals surface area contributed by atoms with Gasteiger partial charge in [0.1, 0.15) is 5.82 Å². The van der Waals surface area contributed by atoms with Crippen LogP contribution in [0.5, 0.6) is 0 Å². The van der Waals surface area contributed by atoms with Gasteiger partial charge >= 0.3 is 0 Å². The van der Waals surface area contributed by atoms with Gasteiger partial charge in [-0.3, -0.25) is 9.52 Å². The Morgan fingerprint density at radius 3 is 2.70 bits per heavy atom. The fourth-order valence-electron chi connectivity index (χ4n) is 5.44. The predicted molar refractivity (Wildman–Crippen MR) is 146 cm³/mol. The second-order valence-corrected chi connectivity index (χ2v) is 12.4. The van der Waals surface area contributed by atoms with Crippen molar-refractivity contribution in [2.75, 3.05) is 35.5 Å². The summed E-state index contributed by atoms with van der Waals surface area (Å²) in [7, 11) is -3.57. The quantitative estimate of drug-likeness (QED) is 0.484. The lowest BCUT2D eigenvalue weighted by atomic mass is 9.98. The number of carbonyl (C=O) groups is 1. The van der Waals surface area contributed by atoms with Crippen molar-refractivity contribution in [2.24, 2.45) is 5.92 Å². The fraction of sp³-hybridized carbons (Fsp3) is 0.500. The van der Waals surface area contributed by atoms with E-state index >= 15 is 0 Å². The average Bonchev–Trinajstić information content (AvgIpc) is 3.51. The number of amides is 1. The predicted octanol–water partition coefficient (Wildman–Crippen LogP) is 4.67. The number of fused-ring (bicyclic) bond motifs is 1. The van der Waals surface area contributed by atoms with Gasteiger partial charge in [-0.05, 0) is 56.7 Å². The first-order valence-corrected chi connectivity index (χ1v) is 15.1. The number of rotatable bonds is 6. The van der Waals surface area contributed by atoms with Crippen molar-refractivity contribution in [1.29, 1.82) is 0 Å². The topological polar surface area (TPSA) is 99.9 Å². The van der Waals surface area contributed by atoms with Crippen LogP contribution in [0.25, 0.3) is 5.65 Å². The number of halogens is 1. The Morgan fingerprint density at radius 2 is 1.97 bits per heavy atom. The average molecular weight is 545 g/mol.